The Bertz CT molecular complexity index is 96.5. The molecule has 12 heavy (non-hydrogen) atoms. The standard InChI is InChI=1S/C10H21FO/c1-10(2,3)7-5-4-6-8-12-9-11/h4-9H2,1-3H3. The molecule has 0 aromatic rings. The monoisotopic (exact) mass is 176 g/mol. The highest BCUT2D eigenvalue weighted by Gasteiger charge is 2.08. The molecule has 2 heteroatoms. The molecule has 0 radical (unpaired) electrons. The molecule has 0 saturated heterocycles. The van der Waals surface area contributed by atoms with E-state index in [9.17, 15) is 4.39 Å². The fraction of sp³-hybridized carbons (Fsp3) is 1.00. The van der Waals surface area contributed by atoms with E-state index in [2.05, 4.69) is 25.5 Å². The van der Waals surface area contributed by atoms with Crippen molar-refractivity contribution in [3.63, 3.8) is 0 Å². The van der Waals surface area contributed by atoms with Crippen LogP contribution < -0.4 is 0 Å². The molecular formula is C10H21FO. The van der Waals surface area contributed by atoms with Gasteiger partial charge in [-0.05, 0) is 18.3 Å². The summed E-state index contributed by atoms with van der Waals surface area (Å²) in [5, 5.41) is 0. The van der Waals surface area contributed by atoms with Crippen LogP contribution in [-0.4, -0.2) is 13.5 Å². The Morgan fingerprint density at radius 1 is 1.08 bits per heavy atom. The van der Waals surface area contributed by atoms with Gasteiger partial charge < -0.3 is 4.74 Å². The van der Waals surface area contributed by atoms with Gasteiger partial charge in [0.1, 0.15) is 0 Å². The molecule has 0 saturated carbocycles. The Morgan fingerprint density at radius 3 is 2.25 bits per heavy atom. The molecule has 0 unspecified atom stereocenters. The average molecular weight is 176 g/mol. The lowest BCUT2D eigenvalue weighted by Crippen LogP contribution is -2.04. The van der Waals surface area contributed by atoms with Crippen LogP contribution in [0.1, 0.15) is 46.5 Å². The predicted molar refractivity (Wildman–Crippen MR) is 49.9 cm³/mol. The fourth-order valence-corrected chi connectivity index (χ4v) is 1.09. The summed E-state index contributed by atoms with van der Waals surface area (Å²) in [5.41, 5.74) is 0.431. The largest absolute Gasteiger partial charge is 0.350 e. The average Bonchev–Trinajstić information content (AvgIpc) is 1.94. The Labute approximate surface area is 75.3 Å². The zero-order chi connectivity index (χ0) is 9.45. The number of halogens is 1. The van der Waals surface area contributed by atoms with Crippen molar-refractivity contribution < 1.29 is 9.13 Å². The fourth-order valence-electron chi connectivity index (χ4n) is 1.09. The van der Waals surface area contributed by atoms with Gasteiger partial charge in [0.05, 0.1) is 0 Å². The van der Waals surface area contributed by atoms with Crippen LogP contribution >= 0.6 is 0 Å². The molecule has 0 heterocycles. The first kappa shape index (κ1) is 11.9. The zero-order valence-corrected chi connectivity index (χ0v) is 8.53. The van der Waals surface area contributed by atoms with Gasteiger partial charge in [-0.2, -0.15) is 0 Å². The van der Waals surface area contributed by atoms with Crippen molar-refractivity contribution >= 4 is 0 Å². The molecule has 0 bridgehead atoms. The molecule has 0 aromatic heterocycles. The molecule has 0 aromatic carbocycles. The summed E-state index contributed by atoms with van der Waals surface area (Å²) in [6.45, 7) is 6.65. The maximum absolute atomic E-state index is 11.5. The smallest absolute Gasteiger partial charge is 0.188 e. The van der Waals surface area contributed by atoms with Gasteiger partial charge in [0, 0.05) is 6.61 Å². The number of hydrogen-bond donors (Lipinski definition) is 0. The number of alkyl halides is 1. The van der Waals surface area contributed by atoms with Crippen LogP contribution in [0.25, 0.3) is 0 Å². The summed E-state index contributed by atoms with van der Waals surface area (Å²) in [6, 6.07) is 0. The lowest BCUT2D eigenvalue weighted by atomic mass is 9.89. The van der Waals surface area contributed by atoms with Crippen molar-refractivity contribution in [3.05, 3.63) is 0 Å². The molecule has 0 aliphatic rings. The van der Waals surface area contributed by atoms with E-state index < -0.39 is 6.86 Å². The van der Waals surface area contributed by atoms with Crippen LogP contribution in [0.2, 0.25) is 0 Å². The summed E-state index contributed by atoms with van der Waals surface area (Å²) in [7, 11) is 0. The van der Waals surface area contributed by atoms with Crippen molar-refractivity contribution in [2.24, 2.45) is 5.41 Å². The van der Waals surface area contributed by atoms with Crippen LogP contribution in [0.4, 0.5) is 4.39 Å². The van der Waals surface area contributed by atoms with E-state index >= 15 is 0 Å². The topological polar surface area (TPSA) is 9.23 Å². The third kappa shape index (κ3) is 9.89. The van der Waals surface area contributed by atoms with Crippen molar-refractivity contribution in [3.8, 4) is 0 Å². The lowest BCUT2D eigenvalue weighted by Gasteiger charge is -2.17. The van der Waals surface area contributed by atoms with Gasteiger partial charge in [-0.3, -0.25) is 0 Å². The minimum atomic E-state index is -0.640. The Balaban J connectivity index is 3.01. The zero-order valence-electron chi connectivity index (χ0n) is 8.53. The van der Waals surface area contributed by atoms with Gasteiger partial charge in [-0.1, -0.05) is 33.6 Å². The first-order valence-corrected chi connectivity index (χ1v) is 4.70. The second kappa shape index (κ2) is 6.41. The predicted octanol–water partition coefficient (Wildman–Crippen LogP) is 3.54. The number of rotatable bonds is 6. The van der Waals surface area contributed by atoms with E-state index in [1.54, 1.807) is 0 Å². The molecule has 0 rings (SSSR count). The maximum atomic E-state index is 11.5. The van der Waals surface area contributed by atoms with E-state index in [0.29, 0.717) is 12.0 Å². The minimum Gasteiger partial charge on any atom is -0.350 e. The van der Waals surface area contributed by atoms with Gasteiger partial charge in [-0.15, -0.1) is 0 Å². The van der Waals surface area contributed by atoms with Crippen molar-refractivity contribution in [1.82, 2.24) is 0 Å². The molecule has 0 amide bonds. The van der Waals surface area contributed by atoms with Gasteiger partial charge in [-0.25, -0.2) is 4.39 Å². The first-order chi connectivity index (χ1) is 5.56. The molecule has 1 nitrogen and oxygen atoms in total. The van der Waals surface area contributed by atoms with Crippen LogP contribution in [0, 0.1) is 5.41 Å². The quantitative estimate of drug-likeness (QED) is 0.562. The first-order valence-electron chi connectivity index (χ1n) is 4.70. The summed E-state index contributed by atoms with van der Waals surface area (Å²) in [6.07, 6.45) is 4.60. The Kier molecular flexibility index (Phi) is 6.35. The van der Waals surface area contributed by atoms with E-state index in [1.165, 1.54) is 12.8 Å². The molecule has 0 spiro atoms. The summed E-state index contributed by atoms with van der Waals surface area (Å²) in [5.74, 6) is 0. The second-order valence-corrected chi connectivity index (χ2v) is 4.39. The number of unbranched alkanes of at least 4 members (excludes halogenated alkanes) is 2. The molecule has 0 aliphatic heterocycles. The van der Waals surface area contributed by atoms with Crippen molar-refractivity contribution in [2.45, 2.75) is 46.5 Å². The van der Waals surface area contributed by atoms with Crippen LogP contribution in [-0.2, 0) is 4.74 Å². The highest BCUT2D eigenvalue weighted by atomic mass is 19.1. The molecule has 0 atom stereocenters. The SMILES string of the molecule is CC(C)(C)CCCCCOCF. The molecule has 0 N–H and O–H groups in total. The Morgan fingerprint density at radius 2 is 1.75 bits per heavy atom. The number of hydrogen-bond acceptors (Lipinski definition) is 1. The highest BCUT2D eigenvalue weighted by Crippen LogP contribution is 2.21. The third-order valence-electron chi connectivity index (χ3n) is 1.79. The summed E-state index contributed by atoms with van der Waals surface area (Å²) < 4.78 is 16.1. The van der Waals surface area contributed by atoms with Crippen molar-refractivity contribution in [2.75, 3.05) is 13.5 Å². The van der Waals surface area contributed by atoms with Gasteiger partial charge >= 0.3 is 0 Å². The molecule has 0 aliphatic carbocycles. The van der Waals surface area contributed by atoms with E-state index in [0.717, 1.165) is 12.8 Å². The van der Waals surface area contributed by atoms with E-state index in [1.807, 2.05) is 0 Å². The van der Waals surface area contributed by atoms with Crippen LogP contribution in [0.5, 0.6) is 0 Å². The second-order valence-electron chi connectivity index (χ2n) is 4.39. The maximum Gasteiger partial charge on any atom is 0.188 e. The molecular weight excluding hydrogens is 155 g/mol. The van der Waals surface area contributed by atoms with E-state index in [-0.39, 0.29) is 0 Å². The summed E-state index contributed by atoms with van der Waals surface area (Å²) >= 11 is 0. The van der Waals surface area contributed by atoms with E-state index in [4.69, 9.17) is 0 Å². The Hall–Kier alpha value is -0.110. The normalized spacial score (nSPS) is 12.0. The third-order valence-corrected chi connectivity index (χ3v) is 1.79. The molecule has 74 valence electrons. The lowest BCUT2D eigenvalue weighted by molar-refractivity contribution is 0.0551. The van der Waals surface area contributed by atoms with Crippen molar-refractivity contribution in [1.29, 1.82) is 0 Å². The van der Waals surface area contributed by atoms with Crippen LogP contribution in [0.15, 0.2) is 0 Å². The van der Waals surface area contributed by atoms with Gasteiger partial charge in [0.15, 0.2) is 6.86 Å². The van der Waals surface area contributed by atoms with Crippen LogP contribution in [0.3, 0.4) is 0 Å². The minimum absolute atomic E-state index is 0.431. The number of ether oxygens (including phenoxy) is 1. The van der Waals surface area contributed by atoms with Gasteiger partial charge in [0.25, 0.3) is 0 Å². The highest BCUT2D eigenvalue weighted by molar-refractivity contribution is 4.60. The van der Waals surface area contributed by atoms with Gasteiger partial charge in [0.2, 0.25) is 0 Å². The molecule has 0 fully saturated rings. The summed E-state index contributed by atoms with van der Waals surface area (Å²) in [4.78, 5) is 0.